The molecule has 1 N–H and O–H groups in total. The quantitative estimate of drug-likeness (QED) is 0.880. The van der Waals surface area contributed by atoms with E-state index >= 15 is 0 Å². The topological polar surface area (TPSA) is 69.6 Å². The molecule has 1 fully saturated rings. The number of piperidine rings is 1. The van der Waals surface area contributed by atoms with Gasteiger partial charge in [0.15, 0.2) is 0 Å². The minimum absolute atomic E-state index is 0.113. The molecule has 1 saturated heterocycles. The third-order valence-electron chi connectivity index (χ3n) is 4.62. The number of carbonyl (C=O) groups excluding carboxylic acids is 1. The summed E-state index contributed by atoms with van der Waals surface area (Å²) in [5.74, 6) is 0.151. The van der Waals surface area contributed by atoms with E-state index in [2.05, 4.69) is 9.97 Å². The number of rotatable bonds is 5. The average molecular weight is 358 g/mol. The van der Waals surface area contributed by atoms with E-state index in [0.717, 1.165) is 18.5 Å². The van der Waals surface area contributed by atoms with Crippen LogP contribution in [0.5, 0.6) is 0 Å². The fraction of sp³-hybridized carbons (Fsp3) is 0.421. The lowest BCUT2D eigenvalue weighted by Crippen LogP contribution is -2.55. The molecule has 26 heavy (non-hydrogen) atoms. The van der Waals surface area contributed by atoms with Gasteiger partial charge in [-0.2, -0.15) is 0 Å². The molecule has 0 aliphatic carbocycles. The number of amides is 1. The highest BCUT2D eigenvalue weighted by atomic mass is 19.1. The summed E-state index contributed by atoms with van der Waals surface area (Å²) in [5.41, 5.74) is -0.261. The van der Waals surface area contributed by atoms with Gasteiger partial charge >= 0.3 is 0 Å². The number of likely N-dealkylation sites (N-methyl/N-ethyl adjacent to an activating group) is 1. The molecule has 1 aliphatic heterocycles. The molecule has 1 unspecified atom stereocenters. The first-order valence-corrected chi connectivity index (χ1v) is 8.68. The van der Waals surface area contributed by atoms with Gasteiger partial charge in [-0.05, 0) is 36.6 Å². The molecule has 1 atom stereocenters. The number of hydrogen-bond acceptors (Lipinski definition) is 5. The summed E-state index contributed by atoms with van der Waals surface area (Å²) in [6, 6.07) is 7.64. The van der Waals surface area contributed by atoms with Gasteiger partial charge in [-0.1, -0.05) is 12.1 Å². The predicted molar refractivity (Wildman–Crippen MR) is 96.2 cm³/mol. The smallest absolute Gasteiger partial charge is 0.226 e. The summed E-state index contributed by atoms with van der Waals surface area (Å²) < 4.78 is 13.0. The summed E-state index contributed by atoms with van der Waals surface area (Å²) in [6.45, 7) is 1.39. The van der Waals surface area contributed by atoms with Gasteiger partial charge in [0.1, 0.15) is 5.82 Å². The van der Waals surface area contributed by atoms with Crippen molar-refractivity contribution in [2.45, 2.75) is 24.9 Å². The number of halogens is 1. The number of anilines is 1. The first kappa shape index (κ1) is 18.3. The van der Waals surface area contributed by atoms with Crippen LogP contribution in [0.3, 0.4) is 0 Å². The van der Waals surface area contributed by atoms with E-state index in [0.29, 0.717) is 18.9 Å². The van der Waals surface area contributed by atoms with Crippen molar-refractivity contribution >= 4 is 11.9 Å². The van der Waals surface area contributed by atoms with Gasteiger partial charge in [-0.25, -0.2) is 14.4 Å². The molecule has 0 bridgehead atoms. The monoisotopic (exact) mass is 358 g/mol. The zero-order valence-corrected chi connectivity index (χ0v) is 14.8. The van der Waals surface area contributed by atoms with Crippen LogP contribution in [0.15, 0.2) is 42.7 Å². The van der Waals surface area contributed by atoms with E-state index in [9.17, 15) is 14.3 Å². The van der Waals surface area contributed by atoms with Crippen LogP contribution in [0.2, 0.25) is 0 Å². The molecular weight excluding hydrogens is 335 g/mol. The van der Waals surface area contributed by atoms with Crippen LogP contribution in [0.25, 0.3) is 0 Å². The Kier molecular flexibility index (Phi) is 5.46. The van der Waals surface area contributed by atoms with Crippen LogP contribution in [0.1, 0.15) is 18.4 Å². The summed E-state index contributed by atoms with van der Waals surface area (Å²) in [6.07, 6.45) is 4.94. The Bertz CT molecular complexity index is 741. The first-order valence-electron chi connectivity index (χ1n) is 8.68. The van der Waals surface area contributed by atoms with E-state index in [1.54, 1.807) is 42.5 Å². The predicted octanol–water partition coefficient (Wildman–Crippen LogP) is 1.65. The van der Waals surface area contributed by atoms with E-state index in [-0.39, 0.29) is 24.7 Å². The van der Waals surface area contributed by atoms with Gasteiger partial charge in [0.2, 0.25) is 11.9 Å². The highest BCUT2D eigenvalue weighted by molar-refractivity contribution is 5.78. The highest BCUT2D eigenvalue weighted by Gasteiger charge is 2.36. The number of benzene rings is 1. The first-order chi connectivity index (χ1) is 12.5. The lowest BCUT2D eigenvalue weighted by Gasteiger charge is -2.41. The molecule has 2 aromatic rings. The lowest BCUT2D eigenvalue weighted by molar-refractivity contribution is -0.132. The third kappa shape index (κ3) is 4.54. The van der Waals surface area contributed by atoms with Crippen molar-refractivity contribution in [3.63, 3.8) is 0 Å². The van der Waals surface area contributed by atoms with Crippen LogP contribution >= 0.6 is 0 Å². The van der Waals surface area contributed by atoms with Gasteiger partial charge in [0.05, 0.1) is 25.1 Å². The summed E-state index contributed by atoms with van der Waals surface area (Å²) >= 11 is 0. The van der Waals surface area contributed by atoms with E-state index in [1.165, 1.54) is 12.1 Å². The molecular formula is C19H23FN4O2. The maximum absolute atomic E-state index is 13.0. The Labute approximate surface area is 152 Å². The molecule has 1 aromatic carbocycles. The van der Waals surface area contributed by atoms with Gasteiger partial charge in [-0.3, -0.25) is 4.79 Å². The van der Waals surface area contributed by atoms with Gasteiger partial charge in [0.25, 0.3) is 0 Å². The molecule has 0 saturated carbocycles. The number of aromatic nitrogens is 2. The maximum atomic E-state index is 13.0. The number of nitrogens with zero attached hydrogens (tertiary/aromatic N) is 4. The fourth-order valence-electron chi connectivity index (χ4n) is 3.31. The maximum Gasteiger partial charge on any atom is 0.226 e. The van der Waals surface area contributed by atoms with Crippen LogP contribution in [0.4, 0.5) is 10.3 Å². The molecule has 138 valence electrons. The van der Waals surface area contributed by atoms with Crippen molar-refractivity contribution in [2.24, 2.45) is 0 Å². The molecule has 0 spiro atoms. The van der Waals surface area contributed by atoms with Crippen LogP contribution in [-0.2, 0) is 11.2 Å². The normalized spacial score (nSPS) is 20.0. The van der Waals surface area contributed by atoms with Crippen LogP contribution in [-0.4, -0.2) is 58.2 Å². The Morgan fingerprint density at radius 1 is 1.31 bits per heavy atom. The number of aliphatic hydroxyl groups is 1. The molecule has 1 amide bonds. The summed E-state index contributed by atoms with van der Waals surface area (Å²) in [7, 11) is 1.68. The van der Waals surface area contributed by atoms with Crippen molar-refractivity contribution in [1.82, 2.24) is 14.9 Å². The number of β-amino-alcohol motifs (C(OH)–C–C–N with tert-alkyl or cyclic N) is 1. The second kappa shape index (κ2) is 7.78. The molecule has 1 aromatic heterocycles. The molecule has 1 aliphatic rings. The van der Waals surface area contributed by atoms with Crippen molar-refractivity contribution in [3.05, 3.63) is 54.1 Å². The minimum Gasteiger partial charge on any atom is -0.386 e. The van der Waals surface area contributed by atoms with Crippen molar-refractivity contribution in [1.29, 1.82) is 0 Å². The van der Waals surface area contributed by atoms with Crippen molar-refractivity contribution in [2.75, 3.05) is 31.6 Å². The molecule has 0 radical (unpaired) electrons. The van der Waals surface area contributed by atoms with Crippen LogP contribution < -0.4 is 4.90 Å². The Hall–Kier alpha value is -2.54. The molecule has 2 heterocycles. The van der Waals surface area contributed by atoms with Gasteiger partial charge in [0, 0.05) is 26.0 Å². The Morgan fingerprint density at radius 3 is 2.69 bits per heavy atom. The zero-order chi connectivity index (χ0) is 18.6. The second-order valence-corrected chi connectivity index (χ2v) is 6.85. The summed E-state index contributed by atoms with van der Waals surface area (Å²) in [5, 5.41) is 11.0. The highest BCUT2D eigenvalue weighted by Crippen LogP contribution is 2.24. The largest absolute Gasteiger partial charge is 0.386 e. The standard InChI is InChI=1S/C19H23FN4O2/c1-23(17(25)12-15-4-6-16(20)7-5-15)13-19(26)8-2-11-24(14-19)18-21-9-3-10-22-18/h3-7,9-10,26H,2,8,11-14H2,1H3. The third-order valence-corrected chi connectivity index (χ3v) is 4.62. The van der Waals surface area contributed by atoms with Crippen molar-refractivity contribution in [3.8, 4) is 0 Å². The number of carbonyl (C=O) groups is 1. The second-order valence-electron chi connectivity index (χ2n) is 6.85. The van der Waals surface area contributed by atoms with Crippen molar-refractivity contribution < 1.29 is 14.3 Å². The SMILES string of the molecule is CN(CC1(O)CCCN(c2ncccn2)C1)C(=O)Cc1ccc(F)cc1. The van der Waals surface area contributed by atoms with E-state index in [1.807, 2.05) is 4.90 Å². The molecule has 7 heteroatoms. The Morgan fingerprint density at radius 2 is 2.00 bits per heavy atom. The molecule has 3 rings (SSSR count). The van der Waals surface area contributed by atoms with Crippen LogP contribution in [0, 0.1) is 5.82 Å². The fourth-order valence-corrected chi connectivity index (χ4v) is 3.31. The number of hydrogen-bond donors (Lipinski definition) is 1. The minimum atomic E-state index is -1.01. The van der Waals surface area contributed by atoms with E-state index in [4.69, 9.17) is 0 Å². The average Bonchev–Trinajstić information content (AvgIpc) is 2.64. The zero-order valence-electron chi connectivity index (χ0n) is 14.8. The van der Waals surface area contributed by atoms with Gasteiger partial charge < -0.3 is 14.9 Å². The van der Waals surface area contributed by atoms with E-state index < -0.39 is 5.60 Å². The Balaban J connectivity index is 1.60. The summed E-state index contributed by atoms with van der Waals surface area (Å²) in [4.78, 5) is 24.4. The molecule has 6 nitrogen and oxygen atoms in total. The lowest BCUT2D eigenvalue weighted by atomic mass is 9.92. The van der Waals surface area contributed by atoms with Gasteiger partial charge in [-0.15, -0.1) is 0 Å².